The Morgan fingerprint density at radius 1 is 0.704 bits per heavy atom. The molecule has 0 N–H and O–H groups in total. The van der Waals surface area contributed by atoms with E-state index >= 15 is 0 Å². The van der Waals surface area contributed by atoms with Crippen molar-refractivity contribution in [2.75, 3.05) is 0 Å². The molecule has 2 heterocycles. The van der Waals surface area contributed by atoms with Gasteiger partial charge in [-0.2, -0.15) is 0 Å². The Kier molecular flexibility index (Phi) is 4.70. The molecular weight excluding hydrogens is 450 g/mol. The minimum absolute atomic E-state index is 0. The van der Waals surface area contributed by atoms with Crippen LogP contribution in [0.25, 0.3) is 12.2 Å². The van der Waals surface area contributed by atoms with E-state index in [1.54, 1.807) is 33.4 Å². The first-order valence-corrected chi connectivity index (χ1v) is 12.0. The first kappa shape index (κ1) is 19.7. The number of hydrogen-bond donors (Lipinski definition) is 0. The van der Waals surface area contributed by atoms with E-state index in [1.807, 2.05) is 0 Å². The molecule has 0 amide bonds. The normalized spacial score (nSPS) is 27.9. The Labute approximate surface area is 185 Å². The van der Waals surface area contributed by atoms with Crippen molar-refractivity contribution in [3.8, 4) is 0 Å². The molecule has 6 rings (SSSR count). The number of halogens is 2. The van der Waals surface area contributed by atoms with Crippen LogP contribution >= 0.6 is 0 Å². The average molecular weight is 473 g/mol. The van der Waals surface area contributed by atoms with E-state index in [9.17, 15) is 0 Å². The van der Waals surface area contributed by atoms with Gasteiger partial charge in [0.2, 0.25) is 0 Å². The minimum atomic E-state index is -0.692. The minimum Gasteiger partial charge on any atom is -1.00 e. The van der Waals surface area contributed by atoms with Crippen LogP contribution in [0, 0.1) is 13.8 Å². The molecule has 0 aromatic heterocycles. The van der Waals surface area contributed by atoms with Crippen molar-refractivity contribution in [2.24, 2.45) is 0 Å². The molecule has 2 saturated heterocycles. The van der Waals surface area contributed by atoms with Gasteiger partial charge in [0, 0.05) is 0 Å². The van der Waals surface area contributed by atoms with Gasteiger partial charge < -0.3 is 24.8 Å². The molecule has 4 aliphatic rings. The van der Waals surface area contributed by atoms with E-state index in [0.29, 0.717) is 6.25 Å². The van der Waals surface area contributed by atoms with Gasteiger partial charge in [-0.1, -0.05) is 0 Å². The molecule has 2 unspecified atom stereocenters. The quantitative estimate of drug-likeness (QED) is 0.501. The molecule has 2 aromatic rings. The fraction of sp³-hybridized carbons (Fsp3) is 0.333. The Morgan fingerprint density at radius 2 is 1.15 bits per heavy atom. The van der Waals surface area contributed by atoms with Gasteiger partial charge in [0.25, 0.3) is 0 Å². The smallest absolute Gasteiger partial charge is 1.00 e. The van der Waals surface area contributed by atoms with E-state index in [1.165, 1.54) is 36.8 Å². The van der Waals surface area contributed by atoms with Crippen molar-refractivity contribution in [2.45, 2.75) is 45.8 Å². The van der Waals surface area contributed by atoms with Crippen molar-refractivity contribution in [1.29, 1.82) is 0 Å². The Morgan fingerprint density at radius 3 is 1.59 bits per heavy atom. The number of allylic oxidation sites excluding steroid dienone is 2. The van der Waals surface area contributed by atoms with Crippen LogP contribution in [0.3, 0.4) is 0 Å². The maximum Gasteiger partial charge on any atom is -1.00 e. The van der Waals surface area contributed by atoms with Crippen molar-refractivity contribution < 1.29 is 48.0 Å². The second-order valence-corrected chi connectivity index (χ2v) is 13.3. The summed E-state index contributed by atoms with van der Waals surface area (Å²) in [4.78, 5) is 0. The molecular formula is C24H22Cl2Zr. The van der Waals surface area contributed by atoms with E-state index in [4.69, 9.17) is 0 Å². The van der Waals surface area contributed by atoms with Crippen LogP contribution in [0.5, 0.6) is 0 Å². The van der Waals surface area contributed by atoms with E-state index in [2.05, 4.69) is 62.4 Å². The van der Waals surface area contributed by atoms with Crippen molar-refractivity contribution in [3.05, 3.63) is 80.9 Å². The largest absolute Gasteiger partial charge is 1.00 e. The third kappa shape index (κ3) is 2.44. The summed E-state index contributed by atoms with van der Waals surface area (Å²) in [5.74, 6) is 0. The molecule has 2 aliphatic carbocycles. The summed E-state index contributed by atoms with van der Waals surface area (Å²) in [5, 5.41) is 0. The van der Waals surface area contributed by atoms with Crippen LogP contribution < -0.4 is 24.8 Å². The van der Waals surface area contributed by atoms with Gasteiger partial charge in [0.1, 0.15) is 0 Å². The third-order valence-corrected chi connectivity index (χ3v) is 13.3. The van der Waals surface area contributed by atoms with E-state index < -0.39 is 23.2 Å². The summed E-state index contributed by atoms with van der Waals surface area (Å²) in [7, 11) is 0. The summed E-state index contributed by atoms with van der Waals surface area (Å²) >= 11 is -0.692. The zero-order chi connectivity index (χ0) is 16.8. The number of hydrogen-bond acceptors (Lipinski definition) is 0. The molecule has 2 spiro atoms. The third-order valence-electron chi connectivity index (χ3n) is 7.05. The second-order valence-electron chi connectivity index (χ2n) is 8.46. The molecule has 27 heavy (non-hydrogen) atoms. The van der Waals surface area contributed by atoms with Crippen LogP contribution in [-0.4, -0.2) is 0 Å². The molecule has 0 nitrogen and oxygen atoms in total. The standard InChI is InChI=1S/C24H22.2ClH.Zr/c1-15-3-7-23-19(11-15)13-17-5-6-18-14-20-12-16(2)4-8-24(20)22(18)10-9-21(17)23;;;/h3-4,7-8,11-14H,5-6,9-10H2,1-2H3;2*1H;/q;;;+2/p-2. The number of benzene rings is 2. The van der Waals surface area contributed by atoms with Crippen molar-refractivity contribution in [1.82, 2.24) is 0 Å². The zero-order valence-corrected chi connectivity index (χ0v) is 19.7. The van der Waals surface area contributed by atoms with Gasteiger partial charge in [-0.25, -0.2) is 0 Å². The molecule has 0 radical (unpaired) electrons. The van der Waals surface area contributed by atoms with Crippen molar-refractivity contribution >= 4 is 12.2 Å². The van der Waals surface area contributed by atoms with Gasteiger partial charge in [-0.3, -0.25) is 0 Å². The first-order chi connectivity index (χ1) is 12.1. The molecule has 0 saturated carbocycles. The monoisotopic (exact) mass is 470 g/mol. The summed E-state index contributed by atoms with van der Waals surface area (Å²) in [6.07, 6.45) is 10.5. The topological polar surface area (TPSA) is 0 Å². The number of aryl methyl sites for hydroxylation is 2. The second kappa shape index (κ2) is 6.45. The van der Waals surface area contributed by atoms with Crippen LogP contribution in [-0.2, 0) is 29.5 Å². The molecule has 136 valence electrons. The first-order valence-electron chi connectivity index (χ1n) is 9.54. The Balaban J connectivity index is 0.000000900. The molecule has 3 heteroatoms. The SMILES string of the molecule is Cc1ccc2c(c1)C=C1CCC3=Cc4cc(C)ccc4[C]34CC[C]12[Zr+2]4.[Cl-].[Cl-]. The van der Waals surface area contributed by atoms with E-state index in [-0.39, 0.29) is 24.8 Å². The molecule has 2 aliphatic heterocycles. The van der Waals surface area contributed by atoms with Crippen molar-refractivity contribution in [3.63, 3.8) is 0 Å². The number of rotatable bonds is 0. The maximum atomic E-state index is 2.58. The van der Waals surface area contributed by atoms with Crippen LogP contribution in [0.15, 0.2) is 47.5 Å². The van der Waals surface area contributed by atoms with Crippen LogP contribution in [0.1, 0.15) is 59.1 Å². The van der Waals surface area contributed by atoms with Gasteiger partial charge in [-0.05, 0) is 0 Å². The Hall–Kier alpha value is -0.617. The molecule has 2 bridgehead atoms. The predicted octanol–water partition coefficient (Wildman–Crippen LogP) is -0.134. The van der Waals surface area contributed by atoms with Gasteiger partial charge in [-0.15, -0.1) is 0 Å². The molecule has 2 atom stereocenters. The zero-order valence-electron chi connectivity index (χ0n) is 15.7. The molecule has 2 aromatic carbocycles. The van der Waals surface area contributed by atoms with Gasteiger partial charge in [0.05, 0.1) is 0 Å². The summed E-state index contributed by atoms with van der Waals surface area (Å²) in [6, 6.07) is 14.5. The fourth-order valence-corrected chi connectivity index (χ4v) is 12.5. The van der Waals surface area contributed by atoms with Crippen LogP contribution in [0.2, 0.25) is 0 Å². The van der Waals surface area contributed by atoms with Gasteiger partial charge in [0.15, 0.2) is 0 Å². The summed E-state index contributed by atoms with van der Waals surface area (Å²) in [5.41, 5.74) is 12.9. The van der Waals surface area contributed by atoms with Gasteiger partial charge >= 0.3 is 162 Å². The Bertz CT molecular complexity index is 938. The van der Waals surface area contributed by atoms with Crippen LogP contribution in [0.4, 0.5) is 0 Å². The molecule has 2 fully saturated rings. The predicted molar refractivity (Wildman–Crippen MR) is 100 cm³/mol. The maximum absolute atomic E-state index is 2.58. The fourth-order valence-electron chi connectivity index (χ4n) is 5.94. The number of fused-ring (bicyclic) bond motifs is 2. The summed E-state index contributed by atoms with van der Waals surface area (Å²) < 4.78 is 0.961. The average Bonchev–Trinajstić information content (AvgIpc) is 3.18. The van der Waals surface area contributed by atoms with E-state index in [0.717, 1.165) is 0 Å². The summed E-state index contributed by atoms with van der Waals surface area (Å²) in [6.45, 7) is 4.47.